The van der Waals surface area contributed by atoms with E-state index in [0.29, 0.717) is 6.42 Å². The minimum atomic E-state index is -3.61. The number of hydrogen-bond acceptors (Lipinski definition) is 3. The second-order valence-corrected chi connectivity index (χ2v) is 8.28. The van der Waals surface area contributed by atoms with E-state index in [-0.39, 0.29) is 18.7 Å². The monoisotopic (exact) mass is 326 g/mol. The fourth-order valence-electron chi connectivity index (χ4n) is 2.69. The van der Waals surface area contributed by atoms with E-state index in [2.05, 4.69) is 0 Å². The maximum absolute atomic E-state index is 12.3. The van der Waals surface area contributed by atoms with Gasteiger partial charge in [0.25, 0.3) is 0 Å². The van der Waals surface area contributed by atoms with Crippen LogP contribution >= 0.6 is 7.37 Å². The number of carbonyl (C=O) groups is 2. The Bertz CT molecular complexity index is 599. The van der Waals surface area contributed by atoms with Gasteiger partial charge in [-0.15, -0.1) is 0 Å². The van der Waals surface area contributed by atoms with Gasteiger partial charge in [0, 0.05) is 12.3 Å². The summed E-state index contributed by atoms with van der Waals surface area (Å²) in [4.78, 5) is 32.2. The average Bonchev–Trinajstić information content (AvgIpc) is 3.24. The Balaban J connectivity index is 1.95. The lowest BCUT2D eigenvalue weighted by Crippen LogP contribution is -2.23. The first-order valence-corrected chi connectivity index (χ1v) is 9.13. The lowest BCUT2D eigenvalue weighted by molar-refractivity contribution is -0.142. The van der Waals surface area contributed by atoms with Gasteiger partial charge in [0.2, 0.25) is 7.37 Å². The van der Waals surface area contributed by atoms with Crippen LogP contribution in [0.5, 0.6) is 0 Å². The Hall–Kier alpha value is -1.65. The standard InChI is InChI=1S/C15H19O6P/c16-14(17)12-8-11(12)13(15(18)19)9-22(20,21)7-6-10-4-2-1-3-5-10/h1-5,11-13H,6-9H2,(H,16,17)(H,18,19)(H,20,21). The van der Waals surface area contributed by atoms with E-state index in [1.165, 1.54) is 0 Å². The van der Waals surface area contributed by atoms with E-state index in [9.17, 15) is 24.2 Å². The highest BCUT2D eigenvalue weighted by atomic mass is 31.2. The van der Waals surface area contributed by atoms with Crippen molar-refractivity contribution in [3.8, 4) is 0 Å². The normalized spacial score (nSPS) is 24.2. The first-order valence-electron chi connectivity index (χ1n) is 7.10. The number of hydrogen-bond donors (Lipinski definition) is 3. The molecule has 0 amide bonds. The molecular formula is C15H19O6P. The van der Waals surface area contributed by atoms with Crippen molar-refractivity contribution in [1.82, 2.24) is 0 Å². The van der Waals surface area contributed by atoms with Gasteiger partial charge in [-0.25, -0.2) is 0 Å². The summed E-state index contributed by atoms with van der Waals surface area (Å²) in [5, 5.41) is 18.1. The van der Waals surface area contributed by atoms with Crippen LogP contribution in [0.4, 0.5) is 0 Å². The Morgan fingerprint density at radius 2 is 1.86 bits per heavy atom. The third-order valence-corrected chi connectivity index (χ3v) is 5.95. The molecule has 0 heterocycles. The van der Waals surface area contributed by atoms with Gasteiger partial charge in [0.1, 0.15) is 0 Å². The SMILES string of the molecule is O=C(O)C1CC1C(CP(=O)(O)CCc1ccccc1)C(=O)O. The van der Waals surface area contributed by atoms with Gasteiger partial charge in [-0.1, -0.05) is 30.3 Å². The summed E-state index contributed by atoms with van der Waals surface area (Å²) in [5.74, 6) is -4.52. The lowest BCUT2D eigenvalue weighted by atomic mass is 10.1. The van der Waals surface area contributed by atoms with Crippen LogP contribution in [0.15, 0.2) is 30.3 Å². The molecule has 1 saturated carbocycles. The second-order valence-electron chi connectivity index (χ2n) is 5.78. The molecule has 2 rings (SSSR count). The highest BCUT2D eigenvalue weighted by molar-refractivity contribution is 7.58. The Morgan fingerprint density at radius 3 is 2.36 bits per heavy atom. The summed E-state index contributed by atoms with van der Waals surface area (Å²) in [7, 11) is -3.61. The molecule has 1 aliphatic rings. The summed E-state index contributed by atoms with van der Waals surface area (Å²) in [5.41, 5.74) is 0.915. The Labute approximate surface area is 128 Å². The molecule has 0 saturated heterocycles. The summed E-state index contributed by atoms with van der Waals surface area (Å²) in [6.07, 6.45) is 0.313. The average molecular weight is 326 g/mol. The van der Waals surface area contributed by atoms with Crippen molar-refractivity contribution in [3.05, 3.63) is 35.9 Å². The number of benzene rings is 1. The van der Waals surface area contributed by atoms with Crippen molar-refractivity contribution in [2.45, 2.75) is 12.8 Å². The molecule has 22 heavy (non-hydrogen) atoms. The molecule has 6 nitrogen and oxygen atoms in total. The molecule has 3 N–H and O–H groups in total. The van der Waals surface area contributed by atoms with E-state index in [4.69, 9.17) is 5.11 Å². The van der Waals surface area contributed by atoms with Crippen LogP contribution in [0.1, 0.15) is 12.0 Å². The van der Waals surface area contributed by atoms with Crippen LogP contribution in [0.2, 0.25) is 0 Å². The quantitative estimate of drug-likeness (QED) is 0.629. The van der Waals surface area contributed by atoms with Crippen molar-refractivity contribution in [3.63, 3.8) is 0 Å². The second kappa shape index (κ2) is 6.63. The van der Waals surface area contributed by atoms with Crippen LogP contribution < -0.4 is 0 Å². The molecule has 0 aliphatic heterocycles. The smallest absolute Gasteiger partial charge is 0.307 e. The fraction of sp³-hybridized carbons (Fsp3) is 0.467. The van der Waals surface area contributed by atoms with Crippen molar-refractivity contribution < 1.29 is 29.3 Å². The molecule has 1 aromatic rings. The van der Waals surface area contributed by atoms with Gasteiger partial charge < -0.3 is 15.1 Å². The molecule has 1 aromatic carbocycles. The molecule has 0 aromatic heterocycles. The number of rotatable bonds is 8. The van der Waals surface area contributed by atoms with Gasteiger partial charge in [-0.05, 0) is 24.3 Å². The number of carboxylic acids is 2. The van der Waals surface area contributed by atoms with Gasteiger partial charge in [-0.2, -0.15) is 0 Å². The third-order valence-electron chi connectivity index (χ3n) is 4.07. The van der Waals surface area contributed by atoms with Crippen molar-refractivity contribution in [2.75, 3.05) is 12.3 Å². The van der Waals surface area contributed by atoms with E-state index in [1.807, 2.05) is 30.3 Å². The summed E-state index contributed by atoms with van der Waals surface area (Å²) < 4.78 is 12.3. The van der Waals surface area contributed by atoms with Gasteiger partial charge in [0.05, 0.1) is 11.8 Å². The molecule has 120 valence electrons. The molecule has 0 bridgehead atoms. The van der Waals surface area contributed by atoms with Crippen LogP contribution in [-0.2, 0) is 20.6 Å². The first kappa shape index (κ1) is 16.7. The highest BCUT2D eigenvalue weighted by Gasteiger charge is 2.51. The zero-order chi connectivity index (χ0) is 16.3. The number of carboxylic acid groups (broad SMARTS) is 2. The fourth-order valence-corrected chi connectivity index (χ4v) is 4.52. The topological polar surface area (TPSA) is 112 Å². The molecule has 1 fully saturated rings. The minimum absolute atomic E-state index is 0.00521. The Morgan fingerprint density at radius 1 is 1.23 bits per heavy atom. The minimum Gasteiger partial charge on any atom is -0.481 e. The van der Waals surface area contributed by atoms with Crippen LogP contribution in [0.25, 0.3) is 0 Å². The molecule has 0 spiro atoms. The number of aryl methyl sites for hydroxylation is 1. The summed E-state index contributed by atoms with van der Waals surface area (Å²) >= 11 is 0. The van der Waals surface area contributed by atoms with Crippen LogP contribution in [-0.4, -0.2) is 39.4 Å². The van der Waals surface area contributed by atoms with Gasteiger partial charge in [0.15, 0.2) is 0 Å². The highest BCUT2D eigenvalue weighted by Crippen LogP contribution is 2.51. The van der Waals surface area contributed by atoms with Crippen molar-refractivity contribution >= 4 is 19.3 Å². The number of aliphatic carboxylic acids is 2. The van der Waals surface area contributed by atoms with E-state index in [0.717, 1.165) is 5.56 Å². The molecule has 0 radical (unpaired) electrons. The third kappa shape index (κ3) is 4.42. The molecule has 4 unspecified atom stereocenters. The molecule has 7 heteroatoms. The van der Waals surface area contributed by atoms with Gasteiger partial charge >= 0.3 is 11.9 Å². The molecular weight excluding hydrogens is 307 g/mol. The van der Waals surface area contributed by atoms with E-state index >= 15 is 0 Å². The van der Waals surface area contributed by atoms with Crippen LogP contribution in [0, 0.1) is 17.8 Å². The van der Waals surface area contributed by atoms with Crippen LogP contribution in [0.3, 0.4) is 0 Å². The molecule has 4 atom stereocenters. The summed E-state index contributed by atoms with van der Waals surface area (Å²) in [6.45, 7) is 0. The maximum atomic E-state index is 12.3. The first-order chi connectivity index (χ1) is 10.3. The Kier molecular flexibility index (Phi) is 5.04. The van der Waals surface area contributed by atoms with Crippen molar-refractivity contribution in [2.24, 2.45) is 17.8 Å². The lowest BCUT2D eigenvalue weighted by Gasteiger charge is -2.17. The zero-order valence-electron chi connectivity index (χ0n) is 12.0. The largest absolute Gasteiger partial charge is 0.481 e. The van der Waals surface area contributed by atoms with E-state index < -0.39 is 37.1 Å². The van der Waals surface area contributed by atoms with E-state index in [1.54, 1.807) is 0 Å². The van der Waals surface area contributed by atoms with Crippen molar-refractivity contribution in [1.29, 1.82) is 0 Å². The zero-order valence-corrected chi connectivity index (χ0v) is 12.9. The maximum Gasteiger partial charge on any atom is 0.307 e. The predicted molar refractivity (Wildman–Crippen MR) is 80.1 cm³/mol. The summed E-state index contributed by atoms with van der Waals surface area (Å²) in [6, 6.07) is 9.20. The predicted octanol–water partition coefficient (Wildman–Crippen LogP) is 1.92. The van der Waals surface area contributed by atoms with Gasteiger partial charge in [-0.3, -0.25) is 14.2 Å². The molecule has 1 aliphatic carbocycles.